The fourth-order valence-electron chi connectivity index (χ4n) is 2.60. The first-order chi connectivity index (χ1) is 13.6. The lowest BCUT2D eigenvalue weighted by molar-refractivity contribution is 0.0635. The summed E-state index contributed by atoms with van der Waals surface area (Å²) in [7, 11) is 0. The molecule has 0 aliphatic heterocycles. The third-order valence-corrected chi connectivity index (χ3v) is 3.95. The van der Waals surface area contributed by atoms with Gasteiger partial charge in [-0.2, -0.15) is 5.10 Å². The van der Waals surface area contributed by atoms with Gasteiger partial charge in [0.2, 0.25) is 0 Å². The monoisotopic (exact) mass is 414 g/mol. The second-order valence-electron chi connectivity index (χ2n) is 7.53. The molecular formula is C20H23ClN6O2. The number of hydrogen-bond donors (Lipinski definition) is 2. The number of aromatic nitrogens is 4. The van der Waals surface area contributed by atoms with Crippen LogP contribution < -0.4 is 10.6 Å². The molecule has 1 aromatic carbocycles. The van der Waals surface area contributed by atoms with Crippen molar-refractivity contribution in [3.05, 3.63) is 52.9 Å². The fraction of sp³-hybridized carbons (Fsp3) is 0.300. The first kappa shape index (κ1) is 20.6. The number of anilines is 3. The molecule has 0 radical (unpaired) electrons. The maximum Gasteiger partial charge on any atom is 0.413 e. The average Bonchev–Trinajstić information content (AvgIpc) is 2.95. The van der Waals surface area contributed by atoms with Gasteiger partial charge in [-0.1, -0.05) is 11.6 Å². The van der Waals surface area contributed by atoms with E-state index in [1.54, 1.807) is 37.6 Å². The Hall–Kier alpha value is -3.13. The molecule has 3 aromatic rings. The highest BCUT2D eigenvalue weighted by Crippen LogP contribution is 2.23. The van der Waals surface area contributed by atoms with Crippen LogP contribution in [0.2, 0.25) is 5.02 Å². The molecule has 0 bridgehead atoms. The van der Waals surface area contributed by atoms with E-state index in [0.29, 0.717) is 16.7 Å². The smallest absolute Gasteiger partial charge is 0.413 e. The van der Waals surface area contributed by atoms with Gasteiger partial charge in [-0.3, -0.25) is 5.32 Å². The van der Waals surface area contributed by atoms with Crippen molar-refractivity contribution in [3.63, 3.8) is 0 Å². The molecule has 0 unspecified atom stereocenters. The minimum atomic E-state index is -0.633. The Labute approximate surface area is 174 Å². The summed E-state index contributed by atoms with van der Waals surface area (Å²) >= 11 is 5.94. The number of benzene rings is 1. The van der Waals surface area contributed by atoms with E-state index in [1.807, 2.05) is 32.0 Å². The molecule has 2 aromatic heterocycles. The number of nitrogens with zero attached hydrogens (tertiary/aromatic N) is 4. The molecular weight excluding hydrogens is 392 g/mol. The third-order valence-electron chi connectivity index (χ3n) is 3.70. The van der Waals surface area contributed by atoms with Crippen LogP contribution >= 0.6 is 11.6 Å². The van der Waals surface area contributed by atoms with Gasteiger partial charge in [0.15, 0.2) is 17.5 Å². The summed E-state index contributed by atoms with van der Waals surface area (Å²) in [5.41, 5.74) is 1.85. The highest BCUT2D eigenvalue weighted by molar-refractivity contribution is 6.30. The maximum atomic E-state index is 12.3. The number of aryl methyl sites for hydroxylation is 2. The molecule has 0 fully saturated rings. The Morgan fingerprint density at radius 3 is 2.45 bits per heavy atom. The summed E-state index contributed by atoms with van der Waals surface area (Å²) in [6, 6.07) is 9.13. The van der Waals surface area contributed by atoms with Crippen LogP contribution in [0.1, 0.15) is 32.2 Å². The van der Waals surface area contributed by atoms with Crippen molar-refractivity contribution in [2.75, 3.05) is 10.6 Å². The number of carbonyl (C=O) groups excluding carboxylic acids is 1. The number of nitrogens with one attached hydrogen (secondary N) is 2. The van der Waals surface area contributed by atoms with Crippen LogP contribution in [-0.2, 0) is 4.74 Å². The quantitative estimate of drug-likeness (QED) is 0.622. The second kappa shape index (κ2) is 8.08. The third kappa shape index (κ3) is 5.45. The van der Waals surface area contributed by atoms with E-state index in [4.69, 9.17) is 16.3 Å². The van der Waals surface area contributed by atoms with Crippen LogP contribution in [0.4, 0.5) is 22.1 Å². The summed E-state index contributed by atoms with van der Waals surface area (Å²) in [4.78, 5) is 21.2. The molecule has 0 atom stereocenters. The summed E-state index contributed by atoms with van der Waals surface area (Å²) < 4.78 is 6.96. The van der Waals surface area contributed by atoms with Crippen LogP contribution in [0.3, 0.4) is 0 Å². The molecule has 3 rings (SSSR count). The number of carbonyl (C=O) groups is 1. The van der Waals surface area contributed by atoms with Gasteiger partial charge in [0.25, 0.3) is 0 Å². The topological polar surface area (TPSA) is 94.0 Å². The molecule has 0 saturated heterocycles. The summed E-state index contributed by atoms with van der Waals surface area (Å²) in [6.45, 7) is 9.16. The van der Waals surface area contributed by atoms with Crippen molar-refractivity contribution >= 4 is 35.0 Å². The normalized spacial score (nSPS) is 11.2. The zero-order chi connectivity index (χ0) is 21.2. The average molecular weight is 415 g/mol. The van der Waals surface area contributed by atoms with Crippen molar-refractivity contribution in [1.29, 1.82) is 0 Å². The van der Waals surface area contributed by atoms with Gasteiger partial charge in [0, 0.05) is 16.4 Å². The second-order valence-corrected chi connectivity index (χ2v) is 7.96. The van der Waals surface area contributed by atoms with Gasteiger partial charge in [0.1, 0.15) is 5.60 Å². The highest BCUT2D eigenvalue weighted by Gasteiger charge is 2.20. The molecule has 152 valence electrons. The van der Waals surface area contributed by atoms with Crippen molar-refractivity contribution in [2.45, 2.75) is 40.2 Å². The number of hydrogen-bond acceptors (Lipinski definition) is 6. The van der Waals surface area contributed by atoms with E-state index < -0.39 is 11.7 Å². The lowest BCUT2D eigenvalue weighted by Gasteiger charge is -2.20. The van der Waals surface area contributed by atoms with Crippen molar-refractivity contribution < 1.29 is 9.53 Å². The number of ether oxygens (including phenoxy) is 1. The Morgan fingerprint density at radius 2 is 1.86 bits per heavy atom. The molecule has 2 N–H and O–H groups in total. The predicted molar refractivity (Wildman–Crippen MR) is 113 cm³/mol. The SMILES string of the molecule is Cc1cc(C)n(-c2nc(Nc3ccc(Cl)cc3)cnc2NC(=O)OC(C)(C)C)n1. The standard InChI is InChI=1S/C20H23ClN6O2/c1-12-10-13(2)27(26-12)18-17(25-19(28)29-20(3,4)5)22-11-16(24-18)23-15-8-6-14(21)7-9-15/h6-11H,1-5H3,(H,23,24)(H,22,25,28). The van der Waals surface area contributed by atoms with Crippen LogP contribution in [0.5, 0.6) is 0 Å². The minimum Gasteiger partial charge on any atom is -0.444 e. The van der Waals surface area contributed by atoms with Crippen molar-refractivity contribution in [1.82, 2.24) is 19.7 Å². The molecule has 8 nitrogen and oxygen atoms in total. The Morgan fingerprint density at radius 1 is 1.17 bits per heavy atom. The summed E-state index contributed by atoms with van der Waals surface area (Å²) in [5, 5.41) is 10.9. The zero-order valence-corrected chi connectivity index (χ0v) is 17.7. The van der Waals surface area contributed by atoms with E-state index in [9.17, 15) is 4.79 Å². The molecule has 0 saturated carbocycles. The van der Waals surface area contributed by atoms with E-state index in [1.165, 1.54) is 6.20 Å². The van der Waals surface area contributed by atoms with E-state index in [0.717, 1.165) is 17.1 Å². The van der Waals surface area contributed by atoms with Gasteiger partial charge >= 0.3 is 6.09 Å². The maximum absolute atomic E-state index is 12.3. The largest absolute Gasteiger partial charge is 0.444 e. The molecule has 2 heterocycles. The summed E-state index contributed by atoms with van der Waals surface area (Å²) in [5.74, 6) is 1.11. The van der Waals surface area contributed by atoms with E-state index in [-0.39, 0.29) is 5.82 Å². The molecule has 9 heteroatoms. The molecule has 0 aliphatic carbocycles. The lowest BCUT2D eigenvalue weighted by Crippen LogP contribution is -2.28. The number of rotatable bonds is 4. The van der Waals surface area contributed by atoms with Crippen molar-refractivity contribution in [3.8, 4) is 5.82 Å². The predicted octanol–water partition coefficient (Wildman–Crippen LogP) is 5.02. The first-order valence-corrected chi connectivity index (χ1v) is 9.42. The molecule has 1 amide bonds. The van der Waals surface area contributed by atoms with Crippen LogP contribution in [0.15, 0.2) is 36.5 Å². The minimum absolute atomic E-state index is 0.243. The Balaban J connectivity index is 1.96. The lowest BCUT2D eigenvalue weighted by atomic mass is 10.2. The van der Waals surface area contributed by atoms with Gasteiger partial charge in [-0.05, 0) is 65.0 Å². The van der Waals surface area contributed by atoms with Gasteiger partial charge < -0.3 is 10.1 Å². The van der Waals surface area contributed by atoms with Crippen LogP contribution in [-0.4, -0.2) is 31.4 Å². The fourth-order valence-corrected chi connectivity index (χ4v) is 2.73. The first-order valence-electron chi connectivity index (χ1n) is 9.04. The highest BCUT2D eigenvalue weighted by atomic mass is 35.5. The van der Waals surface area contributed by atoms with Crippen molar-refractivity contribution in [2.24, 2.45) is 0 Å². The Kier molecular flexibility index (Phi) is 5.74. The number of halogens is 1. The van der Waals surface area contributed by atoms with Gasteiger partial charge in [-0.25, -0.2) is 19.4 Å². The van der Waals surface area contributed by atoms with Crippen LogP contribution in [0, 0.1) is 13.8 Å². The Bertz CT molecular complexity index is 1020. The summed E-state index contributed by atoms with van der Waals surface area (Å²) in [6.07, 6.45) is 0.907. The van der Waals surface area contributed by atoms with Gasteiger partial charge in [-0.15, -0.1) is 0 Å². The molecule has 29 heavy (non-hydrogen) atoms. The number of amides is 1. The van der Waals surface area contributed by atoms with E-state index >= 15 is 0 Å². The molecule has 0 aliphatic rings. The zero-order valence-electron chi connectivity index (χ0n) is 16.9. The van der Waals surface area contributed by atoms with Gasteiger partial charge in [0.05, 0.1) is 11.9 Å². The van der Waals surface area contributed by atoms with Crippen LogP contribution in [0.25, 0.3) is 5.82 Å². The molecule has 0 spiro atoms. The van der Waals surface area contributed by atoms with E-state index in [2.05, 4.69) is 25.7 Å².